The highest BCUT2D eigenvalue weighted by atomic mass is 79.9. The van der Waals surface area contributed by atoms with E-state index in [0.717, 1.165) is 12.1 Å². The summed E-state index contributed by atoms with van der Waals surface area (Å²) in [5, 5.41) is 2.50. The van der Waals surface area contributed by atoms with Gasteiger partial charge in [0.25, 0.3) is 5.91 Å². The quantitative estimate of drug-likeness (QED) is 0.769. The zero-order chi connectivity index (χ0) is 15.5. The molecule has 112 valence electrons. The second-order valence-electron chi connectivity index (χ2n) is 4.58. The zero-order valence-electron chi connectivity index (χ0n) is 10.9. The van der Waals surface area contributed by atoms with Crippen LogP contribution in [0.5, 0.6) is 0 Å². The molecule has 0 bridgehead atoms. The fourth-order valence-corrected chi connectivity index (χ4v) is 2.42. The van der Waals surface area contributed by atoms with E-state index >= 15 is 0 Å². The number of hydrogen-bond acceptors (Lipinski definition) is 1. The van der Waals surface area contributed by atoms with E-state index in [0.29, 0.717) is 10.9 Å². The lowest BCUT2D eigenvalue weighted by atomic mass is 10.1. The highest BCUT2D eigenvalue weighted by molar-refractivity contribution is 9.10. The molecular formula is C13H14BrClF3NO. The highest BCUT2D eigenvalue weighted by Gasteiger charge is 2.31. The fourth-order valence-electron chi connectivity index (χ4n) is 1.72. The van der Waals surface area contributed by atoms with Gasteiger partial charge in [0.1, 0.15) is 0 Å². The topological polar surface area (TPSA) is 29.1 Å². The van der Waals surface area contributed by atoms with Crippen molar-refractivity contribution in [2.45, 2.75) is 37.9 Å². The van der Waals surface area contributed by atoms with Crippen LogP contribution in [-0.2, 0) is 6.18 Å². The first-order valence-electron chi connectivity index (χ1n) is 5.93. The maximum Gasteiger partial charge on any atom is 0.416 e. The average molecular weight is 373 g/mol. The molecule has 0 aliphatic carbocycles. The minimum atomic E-state index is -4.48. The van der Waals surface area contributed by atoms with Crippen LogP contribution in [0.25, 0.3) is 0 Å². The third-order valence-electron chi connectivity index (χ3n) is 2.59. The largest absolute Gasteiger partial charge is 0.416 e. The van der Waals surface area contributed by atoms with Crippen LogP contribution in [0.2, 0.25) is 0 Å². The Bertz CT molecular complexity index is 491. The Morgan fingerprint density at radius 3 is 2.50 bits per heavy atom. The summed E-state index contributed by atoms with van der Waals surface area (Å²) in [7, 11) is 0. The summed E-state index contributed by atoms with van der Waals surface area (Å²) in [6.45, 7) is 3.53. The van der Waals surface area contributed by atoms with Crippen molar-refractivity contribution in [3.8, 4) is 0 Å². The zero-order valence-corrected chi connectivity index (χ0v) is 13.2. The third kappa shape index (κ3) is 4.98. The van der Waals surface area contributed by atoms with Crippen LogP contribution in [-0.4, -0.2) is 17.3 Å². The Morgan fingerprint density at radius 1 is 1.40 bits per heavy atom. The fraction of sp³-hybridized carbons (Fsp3) is 0.462. The lowest BCUT2D eigenvalue weighted by Crippen LogP contribution is -2.34. The minimum Gasteiger partial charge on any atom is -0.349 e. The van der Waals surface area contributed by atoms with Crippen molar-refractivity contribution in [3.05, 3.63) is 33.8 Å². The van der Waals surface area contributed by atoms with E-state index in [1.165, 1.54) is 6.07 Å². The molecule has 1 aromatic carbocycles. The van der Waals surface area contributed by atoms with E-state index in [4.69, 9.17) is 11.6 Å². The van der Waals surface area contributed by atoms with Gasteiger partial charge in [-0.15, -0.1) is 11.6 Å². The lowest BCUT2D eigenvalue weighted by molar-refractivity contribution is -0.137. The Hall–Kier alpha value is -0.750. The molecule has 0 spiro atoms. The molecule has 0 aliphatic heterocycles. The molecule has 7 heteroatoms. The first-order valence-corrected chi connectivity index (χ1v) is 7.16. The molecule has 20 heavy (non-hydrogen) atoms. The number of rotatable bonds is 4. The standard InChI is InChI=1S/C13H14BrClF3NO/c1-7(15)5-8(2)19-12(20)10-6-9(13(16,17)18)3-4-11(10)14/h3-4,6-8H,5H2,1-2H3,(H,19,20). The Labute approximate surface area is 128 Å². The van der Waals surface area contributed by atoms with E-state index in [-0.39, 0.29) is 17.0 Å². The van der Waals surface area contributed by atoms with Crippen molar-refractivity contribution in [2.75, 3.05) is 0 Å². The van der Waals surface area contributed by atoms with Crippen molar-refractivity contribution >= 4 is 33.4 Å². The molecule has 0 radical (unpaired) electrons. The summed E-state index contributed by atoms with van der Waals surface area (Å²) in [5.41, 5.74) is -0.905. The first kappa shape index (κ1) is 17.3. The van der Waals surface area contributed by atoms with Crippen molar-refractivity contribution in [3.63, 3.8) is 0 Å². The van der Waals surface area contributed by atoms with Gasteiger partial charge in [-0.05, 0) is 54.4 Å². The molecule has 1 rings (SSSR count). The Balaban J connectivity index is 2.92. The van der Waals surface area contributed by atoms with E-state index in [2.05, 4.69) is 21.2 Å². The normalized spacial score (nSPS) is 14.8. The molecule has 2 nitrogen and oxygen atoms in total. The maximum atomic E-state index is 12.6. The lowest BCUT2D eigenvalue weighted by Gasteiger charge is -2.16. The number of carbonyl (C=O) groups excluding carboxylic acids is 1. The molecule has 2 atom stereocenters. The molecular weight excluding hydrogens is 358 g/mol. The van der Waals surface area contributed by atoms with Crippen LogP contribution in [0, 0.1) is 0 Å². The first-order chi connectivity index (χ1) is 9.11. The van der Waals surface area contributed by atoms with Crippen molar-refractivity contribution < 1.29 is 18.0 Å². The summed E-state index contributed by atoms with van der Waals surface area (Å²) in [5.74, 6) is -0.562. The number of halogens is 5. The van der Waals surface area contributed by atoms with Crippen molar-refractivity contribution in [1.82, 2.24) is 5.32 Å². The number of carbonyl (C=O) groups is 1. The molecule has 0 aromatic heterocycles. The van der Waals surface area contributed by atoms with Gasteiger partial charge in [-0.1, -0.05) is 0 Å². The van der Waals surface area contributed by atoms with Crippen molar-refractivity contribution in [2.24, 2.45) is 0 Å². The molecule has 1 N–H and O–H groups in total. The molecule has 0 aliphatic rings. The molecule has 0 saturated carbocycles. The van der Waals surface area contributed by atoms with Gasteiger partial charge in [-0.25, -0.2) is 0 Å². The SMILES string of the molecule is CC(Cl)CC(C)NC(=O)c1cc(C(F)(F)F)ccc1Br. The van der Waals surface area contributed by atoms with Gasteiger partial charge < -0.3 is 5.32 Å². The van der Waals surface area contributed by atoms with Gasteiger partial charge in [0, 0.05) is 15.9 Å². The van der Waals surface area contributed by atoms with E-state index in [9.17, 15) is 18.0 Å². The van der Waals surface area contributed by atoms with Crippen LogP contribution in [0.1, 0.15) is 36.2 Å². The number of alkyl halides is 4. The number of benzene rings is 1. The van der Waals surface area contributed by atoms with E-state index < -0.39 is 17.6 Å². The van der Waals surface area contributed by atoms with Crippen LogP contribution in [0.15, 0.2) is 22.7 Å². The predicted octanol–water partition coefficient (Wildman–Crippen LogP) is 4.60. The third-order valence-corrected chi connectivity index (χ3v) is 3.46. The summed E-state index contributed by atoms with van der Waals surface area (Å²) in [6.07, 6.45) is -3.95. The summed E-state index contributed by atoms with van der Waals surface area (Å²) >= 11 is 8.89. The molecule has 1 aromatic rings. The molecule has 0 heterocycles. The number of amides is 1. The average Bonchev–Trinajstić information content (AvgIpc) is 2.26. The second kappa shape index (κ2) is 6.80. The maximum absolute atomic E-state index is 12.6. The highest BCUT2D eigenvalue weighted by Crippen LogP contribution is 2.31. The van der Waals surface area contributed by atoms with E-state index in [1.807, 2.05) is 0 Å². The van der Waals surface area contributed by atoms with Crippen LogP contribution in [0.4, 0.5) is 13.2 Å². The minimum absolute atomic E-state index is 0.0473. The van der Waals surface area contributed by atoms with Crippen LogP contribution < -0.4 is 5.32 Å². The summed E-state index contributed by atoms with van der Waals surface area (Å²) in [6, 6.07) is 2.74. The van der Waals surface area contributed by atoms with Crippen LogP contribution >= 0.6 is 27.5 Å². The number of nitrogens with one attached hydrogen (secondary N) is 1. The Kier molecular flexibility index (Phi) is 5.89. The second-order valence-corrected chi connectivity index (χ2v) is 6.18. The van der Waals surface area contributed by atoms with E-state index in [1.54, 1.807) is 13.8 Å². The van der Waals surface area contributed by atoms with Gasteiger partial charge in [-0.2, -0.15) is 13.2 Å². The van der Waals surface area contributed by atoms with Crippen LogP contribution in [0.3, 0.4) is 0 Å². The van der Waals surface area contributed by atoms with Gasteiger partial charge >= 0.3 is 6.18 Å². The molecule has 1 amide bonds. The van der Waals surface area contributed by atoms with Gasteiger partial charge in [0.05, 0.1) is 11.1 Å². The summed E-state index contributed by atoms with van der Waals surface area (Å²) < 4.78 is 38.2. The number of hydrogen-bond donors (Lipinski definition) is 1. The molecule has 0 fully saturated rings. The predicted molar refractivity (Wildman–Crippen MR) is 76.0 cm³/mol. The summed E-state index contributed by atoms with van der Waals surface area (Å²) in [4.78, 5) is 12.0. The van der Waals surface area contributed by atoms with Crippen molar-refractivity contribution in [1.29, 1.82) is 0 Å². The van der Waals surface area contributed by atoms with Gasteiger partial charge in [0.15, 0.2) is 0 Å². The van der Waals surface area contributed by atoms with Gasteiger partial charge in [-0.3, -0.25) is 4.79 Å². The molecule has 0 saturated heterocycles. The molecule has 2 unspecified atom stereocenters. The monoisotopic (exact) mass is 371 g/mol. The van der Waals surface area contributed by atoms with Gasteiger partial charge in [0.2, 0.25) is 0 Å². The Morgan fingerprint density at radius 2 is 2.00 bits per heavy atom. The smallest absolute Gasteiger partial charge is 0.349 e.